The van der Waals surface area contributed by atoms with Gasteiger partial charge in [0, 0.05) is 18.8 Å². The minimum atomic E-state index is 0.772. The zero-order chi connectivity index (χ0) is 12.7. The van der Waals surface area contributed by atoms with Crippen LogP contribution in [0.3, 0.4) is 0 Å². The van der Waals surface area contributed by atoms with E-state index in [0.717, 1.165) is 42.6 Å². The van der Waals surface area contributed by atoms with E-state index in [0.29, 0.717) is 0 Å². The normalized spacial score (nSPS) is 10.1. The second-order valence-corrected chi connectivity index (χ2v) is 4.40. The molecule has 0 unspecified atom stereocenters. The zero-order valence-corrected chi connectivity index (χ0v) is 11.7. The minimum absolute atomic E-state index is 0.772. The third kappa shape index (κ3) is 4.69. The largest absolute Gasteiger partial charge is 0.363 e. The molecule has 0 bridgehead atoms. The van der Waals surface area contributed by atoms with E-state index in [1.54, 1.807) is 0 Å². The summed E-state index contributed by atoms with van der Waals surface area (Å²) in [6, 6.07) is 6.08. The lowest BCUT2D eigenvalue weighted by molar-refractivity contribution is 0.421. The Labute approximate surface area is 109 Å². The monoisotopic (exact) mass is 251 g/mol. The van der Waals surface area contributed by atoms with Gasteiger partial charge < -0.3 is 10.2 Å². The SMILES string of the molecule is CCCNC(=S)N(CC)Cc1cccc(C)n1. The number of hydrogen-bond donors (Lipinski definition) is 1. The summed E-state index contributed by atoms with van der Waals surface area (Å²) in [5.74, 6) is 0. The van der Waals surface area contributed by atoms with E-state index in [1.165, 1.54) is 0 Å². The molecule has 0 radical (unpaired) electrons. The predicted molar refractivity (Wildman–Crippen MR) is 75.9 cm³/mol. The fourth-order valence-corrected chi connectivity index (χ4v) is 1.85. The summed E-state index contributed by atoms with van der Waals surface area (Å²) < 4.78 is 0. The molecule has 1 N–H and O–H groups in total. The van der Waals surface area contributed by atoms with Gasteiger partial charge in [-0.2, -0.15) is 0 Å². The van der Waals surface area contributed by atoms with E-state index in [1.807, 2.05) is 25.1 Å². The lowest BCUT2D eigenvalue weighted by Gasteiger charge is -2.24. The van der Waals surface area contributed by atoms with Gasteiger partial charge in [0.1, 0.15) is 0 Å². The van der Waals surface area contributed by atoms with Crippen LogP contribution in [0, 0.1) is 6.92 Å². The van der Waals surface area contributed by atoms with Crippen LogP contribution in [0.1, 0.15) is 31.7 Å². The summed E-state index contributed by atoms with van der Waals surface area (Å²) in [7, 11) is 0. The topological polar surface area (TPSA) is 28.2 Å². The molecule has 0 aromatic carbocycles. The van der Waals surface area contributed by atoms with Crippen molar-refractivity contribution in [1.29, 1.82) is 0 Å². The molecule has 0 amide bonds. The summed E-state index contributed by atoms with van der Waals surface area (Å²) in [5, 5.41) is 4.07. The molecule has 0 saturated carbocycles. The molecule has 1 rings (SSSR count). The Kier molecular flexibility index (Phi) is 5.91. The summed E-state index contributed by atoms with van der Waals surface area (Å²) >= 11 is 5.36. The van der Waals surface area contributed by atoms with Crippen LogP contribution in [0.15, 0.2) is 18.2 Å². The second kappa shape index (κ2) is 7.22. The number of hydrogen-bond acceptors (Lipinski definition) is 2. The molecule has 0 aliphatic heterocycles. The Morgan fingerprint density at radius 3 is 2.76 bits per heavy atom. The average Bonchev–Trinajstić information content (AvgIpc) is 2.33. The first-order valence-corrected chi connectivity index (χ1v) is 6.53. The Morgan fingerprint density at radius 2 is 2.18 bits per heavy atom. The molecule has 0 aliphatic carbocycles. The van der Waals surface area contributed by atoms with Crippen LogP contribution < -0.4 is 5.32 Å². The van der Waals surface area contributed by atoms with Crippen LogP contribution in [-0.4, -0.2) is 28.1 Å². The Morgan fingerprint density at radius 1 is 1.41 bits per heavy atom. The van der Waals surface area contributed by atoms with Gasteiger partial charge in [-0.1, -0.05) is 13.0 Å². The van der Waals surface area contributed by atoms with Gasteiger partial charge in [-0.05, 0) is 44.6 Å². The summed E-state index contributed by atoms with van der Waals surface area (Å²) in [4.78, 5) is 6.63. The molecule has 1 aromatic rings. The Hall–Kier alpha value is -1.16. The number of aryl methyl sites for hydroxylation is 1. The van der Waals surface area contributed by atoms with Gasteiger partial charge >= 0.3 is 0 Å². The van der Waals surface area contributed by atoms with Crippen molar-refractivity contribution in [2.24, 2.45) is 0 Å². The predicted octanol–water partition coefficient (Wildman–Crippen LogP) is 2.50. The van der Waals surface area contributed by atoms with Gasteiger partial charge in [0.05, 0.1) is 12.2 Å². The third-order valence-electron chi connectivity index (χ3n) is 2.49. The molecule has 0 fully saturated rings. The fraction of sp³-hybridized carbons (Fsp3) is 0.538. The molecule has 0 atom stereocenters. The molecule has 17 heavy (non-hydrogen) atoms. The van der Waals surface area contributed by atoms with Crippen molar-refractivity contribution in [3.8, 4) is 0 Å². The van der Waals surface area contributed by atoms with E-state index in [2.05, 4.69) is 29.0 Å². The molecule has 94 valence electrons. The molecular weight excluding hydrogens is 230 g/mol. The van der Waals surface area contributed by atoms with Crippen molar-refractivity contribution in [2.45, 2.75) is 33.7 Å². The number of rotatable bonds is 5. The van der Waals surface area contributed by atoms with Crippen LogP contribution >= 0.6 is 12.2 Å². The lowest BCUT2D eigenvalue weighted by Crippen LogP contribution is -2.39. The van der Waals surface area contributed by atoms with Crippen molar-refractivity contribution < 1.29 is 0 Å². The molecule has 0 saturated heterocycles. The van der Waals surface area contributed by atoms with Crippen LogP contribution in [0.2, 0.25) is 0 Å². The van der Waals surface area contributed by atoms with Crippen molar-refractivity contribution in [3.05, 3.63) is 29.6 Å². The van der Waals surface area contributed by atoms with Gasteiger partial charge in [-0.25, -0.2) is 0 Å². The van der Waals surface area contributed by atoms with Crippen LogP contribution in [0.5, 0.6) is 0 Å². The molecule has 3 nitrogen and oxygen atoms in total. The van der Waals surface area contributed by atoms with Gasteiger partial charge in [-0.15, -0.1) is 0 Å². The molecule has 0 aliphatic rings. The van der Waals surface area contributed by atoms with E-state index < -0.39 is 0 Å². The summed E-state index contributed by atoms with van der Waals surface area (Å²) in [6.45, 7) is 8.84. The van der Waals surface area contributed by atoms with Gasteiger partial charge in [-0.3, -0.25) is 4.98 Å². The highest BCUT2D eigenvalue weighted by atomic mass is 32.1. The average molecular weight is 251 g/mol. The number of aromatic nitrogens is 1. The first kappa shape index (κ1) is 13.9. The molecular formula is C13H21N3S. The molecule has 1 heterocycles. The molecule has 1 aromatic heterocycles. The van der Waals surface area contributed by atoms with Gasteiger partial charge in [0.25, 0.3) is 0 Å². The zero-order valence-electron chi connectivity index (χ0n) is 10.9. The van der Waals surface area contributed by atoms with Gasteiger partial charge in [0.15, 0.2) is 5.11 Å². The van der Waals surface area contributed by atoms with Crippen molar-refractivity contribution in [3.63, 3.8) is 0 Å². The Balaban J connectivity index is 2.60. The number of pyridine rings is 1. The van der Waals surface area contributed by atoms with Crippen LogP contribution in [-0.2, 0) is 6.54 Å². The standard InChI is InChI=1S/C13H21N3S/c1-4-9-14-13(17)16(5-2)10-12-8-6-7-11(3)15-12/h6-8H,4-5,9-10H2,1-3H3,(H,14,17). The molecule has 4 heteroatoms. The third-order valence-corrected chi connectivity index (χ3v) is 2.90. The van der Waals surface area contributed by atoms with E-state index in [-0.39, 0.29) is 0 Å². The first-order valence-electron chi connectivity index (χ1n) is 6.12. The number of nitrogens with one attached hydrogen (secondary N) is 1. The Bertz CT molecular complexity index is 365. The highest BCUT2D eigenvalue weighted by molar-refractivity contribution is 7.80. The lowest BCUT2D eigenvalue weighted by atomic mass is 10.3. The maximum absolute atomic E-state index is 5.36. The second-order valence-electron chi connectivity index (χ2n) is 4.02. The fourth-order valence-electron chi connectivity index (χ4n) is 1.55. The highest BCUT2D eigenvalue weighted by Gasteiger charge is 2.08. The van der Waals surface area contributed by atoms with Crippen molar-refractivity contribution in [1.82, 2.24) is 15.2 Å². The number of thiocarbonyl (C=S) groups is 1. The highest BCUT2D eigenvalue weighted by Crippen LogP contribution is 2.03. The van der Waals surface area contributed by atoms with Crippen LogP contribution in [0.4, 0.5) is 0 Å². The maximum Gasteiger partial charge on any atom is 0.169 e. The van der Waals surface area contributed by atoms with Crippen molar-refractivity contribution >= 4 is 17.3 Å². The number of nitrogens with zero attached hydrogens (tertiary/aromatic N) is 2. The van der Waals surface area contributed by atoms with E-state index in [9.17, 15) is 0 Å². The maximum atomic E-state index is 5.36. The van der Waals surface area contributed by atoms with Gasteiger partial charge in [0.2, 0.25) is 0 Å². The smallest absolute Gasteiger partial charge is 0.169 e. The van der Waals surface area contributed by atoms with E-state index >= 15 is 0 Å². The minimum Gasteiger partial charge on any atom is -0.363 e. The van der Waals surface area contributed by atoms with Crippen molar-refractivity contribution in [2.75, 3.05) is 13.1 Å². The summed E-state index contributed by atoms with van der Waals surface area (Å²) in [5.41, 5.74) is 2.11. The molecule has 0 spiro atoms. The van der Waals surface area contributed by atoms with E-state index in [4.69, 9.17) is 12.2 Å². The first-order chi connectivity index (χ1) is 8.17. The van der Waals surface area contributed by atoms with Crippen LogP contribution in [0.25, 0.3) is 0 Å². The quantitative estimate of drug-likeness (QED) is 0.814. The summed E-state index contributed by atoms with van der Waals surface area (Å²) in [6.07, 6.45) is 1.08.